The van der Waals surface area contributed by atoms with Crippen LogP contribution in [0.2, 0.25) is 5.02 Å². The highest BCUT2D eigenvalue weighted by Crippen LogP contribution is 2.23. The summed E-state index contributed by atoms with van der Waals surface area (Å²) in [5.74, 6) is -0.0711. The zero-order chi connectivity index (χ0) is 17.6. The number of halogens is 1. The summed E-state index contributed by atoms with van der Waals surface area (Å²) >= 11 is 5.86. The lowest BCUT2D eigenvalue weighted by molar-refractivity contribution is 0.0951. The minimum Gasteiger partial charge on any atom is -0.348 e. The van der Waals surface area contributed by atoms with Gasteiger partial charge in [0.2, 0.25) is 0 Å². The van der Waals surface area contributed by atoms with Gasteiger partial charge in [0.05, 0.1) is 0 Å². The van der Waals surface area contributed by atoms with Crippen molar-refractivity contribution in [3.8, 4) is 0 Å². The van der Waals surface area contributed by atoms with E-state index in [1.54, 1.807) is 24.3 Å². The topological polar surface area (TPSA) is 41.1 Å². The first kappa shape index (κ1) is 18.0. The van der Waals surface area contributed by atoms with Crippen LogP contribution in [0.1, 0.15) is 46.8 Å². The maximum atomic E-state index is 12.2. The molecular weight excluding hydrogens is 332 g/mol. The van der Waals surface area contributed by atoms with Crippen molar-refractivity contribution in [1.82, 2.24) is 10.6 Å². The zero-order valence-electron chi connectivity index (χ0n) is 14.6. The first-order valence-electron chi connectivity index (χ1n) is 9.03. The third kappa shape index (κ3) is 4.83. The number of rotatable bonds is 6. The van der Waals surface area contributed by atoms with Gasteiger partial charge in [-0.25, -0.2) is 0 Å². The molecule has 0 fully saturated rings. The zero-order valence-corrected chi connectivity index (χ0v) is 15.4. The van der Waals surface area contributed by atoms with Gasteiger partial charge in [0.25, 0.3) is 5.91 Å². The predicted octanol–water partition coefficient (Wildman–Crippen LogP) is 4.13. The van der Waals surface area contributed by atoms with Gasteiger partial charge in [0.1, 0.15) is 0 Å². The van der Waals surface area contributed by atoms with E-state index in [1.165, 1.54) is 24.0 Å². The Bertz CT molecular complexity index is 727. The summed E-state index contributed by atoms with van der Waals surface area (Å²) in [6.45, 7) is 3.84. The Labute approximate surface area is 154 Å². The Morgan fingerprint density at radius 1 is 1.16 bits per heavy atom. The largest absolute Gasteiger partial charge is 0.348 e. The molecule has 2 aromatic rings. The van der Waals surface area contributed by atoms with E-state index >= 15 is 0 Å². The first-order valence-corrected chi connectivity index (χ1v) is 9.41. The minimum atomic E-state index is -0.0711. The van der Waals surface area contributed by atoms with Crippen molar-refractivity contribution >= 4 is 17.5 Å². The average Bonchev–Trinajstić information content (AvgIpc) is 2.64. The smallest absolute Gasteiger partial charge is 0.251 e. The van der Waals surface area contributed by atoms with Crippen LogP contribution in [0.15, 0.2) is 42.5 Å². The standard InChI is InChI=1S/C21H25ClN2O/c1-2-11-23-20-10-7-17-12-15(3-4-18(17)13-20)14-24-21(25)16-5-8-19(22)9-6-16/h3-6,8-9,12,20,23H,2,7,10-11,13-14H2,1H3,(H,24,25). The molecule has 4 heteroatoms. The van der Waals surface area contributed by atoms with Gasteiger partial charge in [-0.05, 0) is 73.2 Å². The molecule has 132 valence electrons. The molecule has 0 heterocycles. The fourth-order valence-electron chi connectivity index (χ4n) is 3.33. The van der Waals surface area contributed by atoms with Gasteiger partial charge in [0.15, 0.2) is 0 Å². The van der Waals surface area contributed by atoms with Crippen molar-refractivity contribution < 1.29 is 4.79 Å². The highest BCUT2D eigenvalue weighted by atomic mass is 35.5. The maximum absolute atomic E-state index is 12.2. The monoisotopic (exact) mass is 356 g/mol. The number of hydrogen-bond acceptors (Lipinski definition) is 2. The van der Waals surface area contributed by atoms with E-state index in [0.717, 1.165) is 24.9 Å². The van der Waals surface area contributed by atoms with Gasteiger partial charge in [-0.1, -0.05) is 36.7 Å². The van der Waals surface area contributed by atoms with Crippen LogP contribution in [-0.2, 0) is 19.4 Å². The highest BCUT2D eigenvalue weighted by Gasteiger charge is 2.18. The van der Waals surface area contributed by atoms with Crippen LogP contribution in [0.25, 0.3) is 0 Å². The van der Waals surface area contributed by atoms with Crippen LogP contribution >= 0.6 is 11.6 Å². The molecule has 0 saturated carbocycles. The quantitative estimate of drug-likeness (QED) is 0.817. The summed E-state index contributed by atoms with van der Waals surface area (Å²) < 4.78 is 0. The second kappa shape index (κ2) is 8.50. The molecule has 0 spiro atoms. The Morgan fingerprint density at radius 2 is 1.96 bits per heavy atom. The molecule has 0 bridgehead atoms. The molecule has 1 atom stereocenters. The lowest BCUT2D eigenvalue weighted by atomic mass is 9.87. The highest BCUT2D eigenvalue weighted by molar-refractivity contribution is 6.30. The molecule has 3 nitrogen and oxygen atoms in total. The molecular formula is C21H25ClN2O. The normalized spacial score (nSPS) is 16.3. The van der Waals surface area contributed by atoms with E-state index in [0.29, 0.717) is 23.2 Å². The van der Waals surface area contributed by atoms with Crippen molar-refractivity contribution in [2.45, 2.75) is 45.2 Å². The van der Waals surface area contributed by atoms with Gasteiger partial charge in [-0.15, -0.1) is 0 Å². The van der Waals surface area contributed by atoms with Gasteiger partial charge in [-0.3, -0.25) is 4.79 Å². The van der Waals surface area contributed by atoms with E-state index in [9.17, 15) is 4.79 Å². The second-order valence-corrected chi connectivity index (χ2v) is 7.12. The molecule has 0 saturated heterocycles. The molecule has 1 aliphatic carbocycles. The molecule has 0 radical (unpaired) electrons. The number of benzene rings is 2. The summed E-state index contributed by atoms with van der Waals surface area (Å²) in [6.07, 6.45) is 4.58. The summed E-state index contributed by atoms with van der Waals surface area (Å²) in [7, 11) is 0. The van der Waals surface area contributed by atoms with E-state index in [1.807, 2.05) is 0 Å². The van der Waals surface area contributed by atoms with Crippen LogP contribution in [-0.4, -0.2) is 18.5 Å². The predicted molar refractivity (Wildman–Crippen MR) is 103 cm³/mol. The molecule has 0 aromatic heterocycles. The number of fused-ring (bicyclic) bond motifs is 1. The Morgan fingerprint density at radius 3 is 2.72 bits per heavy atom. The van der Waals surface area contributed by atoms with Crippen LogP contribution in [0.5, 0.6) is 0 Å². The molecule has 25 heavy (non-hydrogen) atoms. The summed E-state index contributed by atoms with van der Waals surface area (Å²) in [6, 6.07) is 14.1. The number of nitrogens with one attached hydrogen (secondary N) is 2. The van der Waals surface area contributed by atoms with Gasteiger partial charge < -0.3 is 10.6 Å². The SMILES string of the molecule is CCCNC1CCc2cc(CNC(=O)c3ccc(Cl)cc3)ccc2C1. The van der Waals surface area contributed by atoms with Crippen molar-refractivity contribution in [2.75, 3.05) is 6.54 Å². The first-order chi connectivity index (χ1) is 12.2. The van der Waals surface area contributed by atoms with Crippen LogP contribution in [0.4, 0.5) is 0 Å². The van der Waals surface area contributed by atoms with E-state index in [4.69, 9.17) is 11.6 Å². The molecule has 1 aliphatic rings. The summed E-state index contributed by atoms with van der Waals surface area (Å²) in [4.78, 5) is 12.2. The number of carbonyl (C=O) groups is 1. The van der Waals surface area contributed by atoms with Gasteiger partial charge >= 0.3 is 0 Å². The van der Waals surface area contributed by atoms with Crippen molar-refractivity contribution in [3.63, 3.8) is 0 Å². The van der Waals surface area contributed by atoms with Crippen molar-refractivity contribution in [2.24, 2.45) is 0 Å². The van der Waals surface area contributed by atoms with Crippen LogP contribution < -0.4 is 10.6 Å². The van der Waals surface area contributed by atoms with Crippen LogP contribution in [0.3, 0.4) is 0 Å². The lowest BCUT2D eigenvalue weighted by Crippen LogP contribution is -2.35. The third-order valence-corrected chi connectivity index (χ3v) is 4.99. The third-order valence-electron chi connectivity index (χ3n) is 4.74. The van der Waals surface area contributed by atoms with Gasteiger partial charge in [-0.2, -0.15) is 0 Å². The number of amides is 1. The number of hydrogen-bond donors (Lipinski definition) is 2. The number of aryl methyl sites for hydroxylation is 1. The van der Waals surface area contributed by atoms with E-state index in [-0.39, 0.29) is 5.91 Å². The fourth-order valence-corrected chi connectivity index (χ4v) is 3.45. The second-order valence-electron chi connectivity index (χ2n) is 6.69. The Kier molecular flexibility index (Phi) is 6.11. The molecule has 2 N–H and O–H groups in total. The number of carbonyl (C=O) groups excluding carboxylic acids is 1. The van der Waals surface area contributed by atoms with Gasteiger partial charge in [0, 0.05) is 23.2 Å². The molecule has 2 aromatic carbocycles. The molecule has 3 rings (SSSR count). The average molecular weight is 357 g/mol. The van der Waals surface area contributed by atoms with E-state index < -0.39 is 0 Å². The minimum absolute atomic E-state index is 0.0711. The maximum Gasteiger partial charge on any atom is 0.251 e. The summed E-state index contributed by atoms with van der Waals surface area (Å²) in [5, 5.41) is 7.24. The molecule has 1 unspecified atom stereocenters. The Balaban J connectivity index is 1.58. The summed E-state index contributed by atoms with van der Waals surface area (Å²) in [5.41, 5.74) is 4.65. The van der Waals surface area contributed by atoms with Crippen molar-refractivity contribution in [1.29, 1.82) is 0 Å². The van der Waals surface area contributed by atoms with Crippen molar-refractivity contribution in [3.05, 3.63) is 69.7 Å². The fraction of sp³-hybridized carbons (Fsp3) is 0.381. The van der Waals surface area contributed by atoms with E-state index in [2.05, 4.69) is 35.8 Å². The molecule has 1 amide bonds. The lowest BCUT2D eigenvalue weighted by Gasteiger charge is -2.26. The Hall–Kier alpha value is -1.84. The van der Waals surface area contributed by atoms with Crippen LogP contribution in [0, 0.1) is 0 Å². The molecule has 0 aliphatic heterocycles.